The van der Waals surface area contributed by atoms with Crippen LogP contribution in [-0.2, 0) is 0 Å². The van der Waals surface area contributed by atoms with Crippen LogP contribution in [0.4, 0.5) is 17.1 Å². The molecule has 3 nitrogen and oxygen atoms in total. The summed E-state index contributed by atoms with van der Waals surface area (Å²) in [7, 11) is 0. The molecule has 0 N–H and O–H groups in total. The van der Waals surface area contributed by atoms with Crippen molar-refractivity contribution in [2.75, 3.05) is 4.90 Å². The highest BCUT2D eigenvalue weighted by molar-refractivity contribution is 6.18. The Morgan fingerprint density at radius 3 is 1.53 bits per heavy atom. The minimum atomic E-state index is 0.847. The van der Waals surface area contributed by atoms with Gasteiger partial charge in [-0.1, -0.05) is 133 Å². The predicted octanol–water partition coefficient (Wildman–Crippen LogP) is 13.4. The molecule has 0 amide bonds. The van der Waals surface area contributed by atoms with Gasteiger partial charge in [0.05, 0.1) is 27.8 Å². The molecule has 49 heavy (non-hydrogen) atoms. The van der Waals surface area contributed by atoms with Gasteiger partial charge in [-0.3, -0.25) is 0 Å². The van der Waals surface area contributed by atoms with Crippen molar-refractivity contribution < 1.29 is 8.83 Å². The van der Waals surface area contributed by atoms with Crippen LogP contribution in [0.25, 0.3) is 76.9 Å². The highest BCUT2D eigenvalue weighted by atomic mass is 16.3. The Balaban J connectivity index is 1.36. The van der Waals surface area contributed by atoms with E-state index in [0.717, 1.165) is 77.6 Å². The molecule has 230 valence electrons. The van der Waals surface area contributed by atoms with Crippen molar-refractivity contribution in [3.63, 3.8) is 0 Å². The van der Waals surface area contributed by atoms with Gasteiger partial charge in [-0.05, 0) is 69.9 Å². The van der Waals surface area contributed by atoms with Crippen LogP contribution >= 0.6 is 0 Å². The van der Waals surface area contributed by atoms with Gasteiger partial charge in [0.15, 0.2) is 0 Å². The van der Waals surface area contributed by atoms with Gasteiger partial charge in [0, 0.05) is 16.3 Å². The minimum Gasteiger partial charge on any atom is -0.456 e. The second kappa shape index (κ2) is 11.0. The summed E-state index contributed by atoms with van der Waals surface area (Å²) < 4.78 is 12.9. The maximum Gasteiger partial charge on any atom is 0.137 e. The lowest BCUT2D eigenvalue weighted by molar-refractivity contribution is 0.668. The summed E-state index contributed by atoms with van der Waals surface area (Å²) >= 11 is 0. The van der Waals surface area contributed by atoms with E-state index in [1.165, 1.54) is 16.3 Å². The summed E-state index contributed by atoms with van der Waals surface area (Å²) in [4.78, 5) is 2.42. The highest BCUT2D eigenvalue weighted by Crippen LogP contribution is 2.50. The zero-order valence-corrected chi connectivity index (χ0v) is 26.5. The molecule has 2 aromatic heterocycles. The lowest BCUT2D eigenvalue weighted by Crippen LogP contribution is -2.12. The summed E-state index contributed by atoms with van der Waals surface area (Å²) in [6.45, 7) is 0. The van der Waals surface area contributed by atoms with Crippen LogP contribution in [-0.4, -0.2) is 0 Å². The predicted molar refractivity (Wildman–Crippen MR) is 204 cm³/mol. The first-order valence-corrected chi connectivity index (χ1v) is 16.6. The van der Waals surface area contributed by atoms with Gasteiger partial charge in [0.25, 0.3) is 0 Å². The fourth-order valence-electron chi connectivity index (χ4n) is 7.50. The number of para-hydroxylation sites is 2. The van der Waals surface area contributed by atoms with E-state index in [1.807, 2.05) is 24.3 Å². The fourth-order valence-corrected chi connectivity index (χ4v) is 7.50. The van der Waals surface area contributed by atoms with E-state index >= 15 is 0 Å². The van der Waals surface area contributed by atoms with Gasteiger partial charge in [-0.2, -0.15) is 0 Å². The number of rotatable bonds is 5. The van der Waals surface area contributed by atoms with E-state index < -0.39 is 0 Å². The summed E-state index contributed by atoms with van der Waals surface area (Å²) in [6.07, 6.45) is 0. The van der Waals surface area contributed by atoms with Crippen molar-refractivity contribution in [1.82, 2.24) is 0 Å². The van der Waals surface area contributed by atoms with Crippen LogP contribution in [0.15, 0.2) is 185 Å². The Hall–Kier alpha value is -6.58. The first-order valence-electron chi connectivity index (χ1n) is 16.6. The van der Waals surface area contributed by atoms with Gasteiger partial charge in [0.2, 0.25) is 0 Å². The molecule has 0 bridgehead atoms. The first kappa shape index (κ1) is 27.5. The lowest BCUT2D eigenvalue weighted by atomic mass is 9.93. The van der Waals surface area contributed by atoms with Crippen LogP contribution in [0.5, 0.6) is 0 Å². The molecule has 10 rings (SSSR count). The minimum absolute atomic E-state index is 0.847. The first-order chi connectivity index (χ1) is 24.3. The maximum atomic E-state index is 6.47. The second-order valence-electron chi connectivity index (χ2n) is 12.5. The standard InChI is InChI=1S/C46H29NO2/c1-2-13-31(14-3-1)35-28-27-32(34-20-10-16-30-15-4-5-17-33(30)34)29-40(35)47(38-21-11-25-43-45(38)36-18-6-8-23-41(36)48-43)39-22-12-26-44-46(39)37-19-7-9-24-42(37)49-44/h1-29H. The van der Waals surface area contributed by atoms with Gasteiger partial charge < -0.3 is 13.7 Å². The molecule has 0 atom stereocenters. The van der Waals surface area contributed by atoms with Crippen LogP contribution in [0.2, 0.25) is 0 Å². The third-order valence-electron chi connectivity index (χ3n) is 9.67. The highest BCUT2D eigenvalue weighted by Gasteiger charge is 2.25. The smallest absolute Gasteiger partial charge is 0.137 e. The van der Waals surface area contributed by atoms with Gasteiger partial charge in [-0.25, -0.2) is 0 Å². The average molecular weight is 628 g/mol. The van der Waals surface area contributed by atoms with Crippen molar-refractivity contribution >= 4 is 71.7 Å². The maximum absolute atomic E-state index is 6.47. The average Bonchev–Trinajstić information content (AvgIpc) is 3.74. The molecule has 0 saturated heterocycles. The van der Waals surface area contributed by atoms with Crippen molar-refractivity contribution in [1.29, 1.82) is 0 Å². The molecule has 0 radical (unpaired) electrons. The van der Waals surface area contributed by atoms with Crippen LogP contribution in [0, 0.1) is 0 Å². The van der Waals surface area contributed by atoms with E-state index in [-0.39, 0.29) is 0 Å². The molecule has 0 aliphatic carbocycles. The van der Waals surface area contributed by atoms with Crippen LogP contribution in [0.3, 0.4) is 0 Å². The SMILES string of the molecule is c1ccc(-c2ccc(-c3cccc4ccccc34)cc2N(c2cccc3oc4ccccc4c23)c2cccc3oc4ccccc4c23)cc1. The van der Waals surface area contributed by atoms with Gasteiger partial charge in [-0.15, -0.1) is 0 Å². The van der Waals surface area contributed by atoms with E-state index in [0.29, 0.717) is 0 Å². The van der Waals surface area contributed by atoms with Crippen LogP contribution in [0.1, 0.15) is 0 Å². The monoisotopic (exact) mass is 627 g/mol. The van der Waals surface area contributed by atoms with Crippen LogP contribution < -0.4 is 4.90 Å². The van der Waals surface area contributed by atoms with E-state index in [2.05, 4.69) is 157 Å². The molecule has 0 fully saturated rings. The summed E-state index contributed by atoms with van der Waals surface area (Å²) in [5.41, 5.74) is 11.2. The number of fused-ring (bicyclic) bond motifs is 7. The fraction of sp³-hybridized carbons (Fsp3) is 0. The van der Waals surface area contributed by atoms with Crippen molar-refractivity contribution in [3.8, 4) is 22.3 Å². The summed E-state index contributed by atoms with van der Waals surface area (Å²) in [6, 6.07) is 62.1. The summed E-state index contributed by atoms with van der Waals surface area (Å²) in [5.74, 6) is 0. The Bertz CT molecular complexity index is 2720. The quantitative estimate of drug-likeness (QED) is 0.190. The number of hydrogen-bond acceptors (Lipinski definition) is 3. The van der Waals surface area contributed by atoms with E-state index in [4.69, 9.17) is 8.83 Å². The number of anilines is 3. The largest absolute Gasteiger partial charge is 0.456 e. The Kier molecular flexibility index (Phi) is 6.18. The Labute approximate surface area is 282 Å². The molecule has 0 unspecified atom stereocenters. The van der Waals surface area contributed by atoms with Crippen molar-refractivity contribution in [2.45, 2.75) is 0 Å². The zero-order valence-electron chi connectivity index (χ0n) is 26.5. The molecule has 0 aliphatic rings. The molecular weight excluding hydrogens is 599 g/mol. The molecule has 0 spiro atoms. The topological polar surface area (TPSA) is 29.5 Å². The number of furan rings is 2. The van der Waals surface area contributed by atoms with Gasteiger partial charge >= 0.3 is 0 Å². The molecule has 0 saturated carbocycles. The molecule has 10 aromatic rings. The zero-order chi connectivity index (χ0) is 32.3. The van der Waals surface area contributed by atoms with Gasteiger partial charge in [0.1, 0.15) is 22.3 Å². The normalized spacial score (nSPS) is 11.7. The second-order valence-corrected chi connectivity index (χ2v) is 12.5. The summed E-state index contributed by atoms with van der Waals surface area (Å²) in [5, 5.41) is 6.73. The molecule has 8 aromatic carbocycles. The molecule has 0 aliphatic heterocycles. The molecular formula is C46H29NO2. The third kappa shape index (κ3) is 4.37. The van der Waals surface area contributed by atoms with E-state index in [1.54, 1.807) is 0 Å². The number of hydrogen-bond donors (Lipinski definition) is 0. The van der Waals surface area contributed by atoms with Crippen molar-refractivity contribution in [2.24, 2.45) is 0 Å². The molecule has 3 heteroatoms. The molecule has 2 heterocycles. The van der Waals surface area contributed by atoms with Crippen molar-refractivity contribution in [3.05, 3.63) is 176 Å². The van der Waals surface area contributed by atoms with E-state index in [9.17, 15) is 0 Å². The Morgan fingerprint density at radius 1 is 0.327 bits per heavy atom. The number of benzene rings is 8. The Morgan fingerprint density at radius 2 is 0.857 bits per heavy atom. The third-order valence-corrected chi connectivity index (χ3v) is 9.67. The number of nitrogens with zero attached hydrogens (tertiary/aromatic N) is 1. The lowest BCUT2D eigenvalue weighted by Gasteiger charge is -2.30.